The van der Waals surface area contributed by atoms with Crippen LogP contribution in [0.3, 0.4) is 0 Å². The lowest BCUT2D eigenvalue weighted by atomic mass is 9.86. The van der Waals surface area contributed by atoms with Gasteiger partial charge in [0, 0.05) is 16.5 Å². The van der Waals surface area contributed by atoms with E-state index in [1.54, 1.807) is 22.8 Å². The van der Waals surface area contributed by atoms with Gasteiger partial charge in [-0.1, -0.05) is 37.3 Å². The van der Waals surface area contributed by atoms with Crippen LogP contribution < -0.4 is 5.43 Å². The van der Waals surface area contributed by atoms with Gasteiger partial charge in [0.25, 0.3) is 11.8 Å². The highest BCUT2D eigenvalue weighted by molar-refractivity contribution is 8.02. The zero-order chi connectivity index (χ0) is 22.5. The largest absolute Gasteiger partial charge is 0.350 e. The second-order valence-electron chi connectivity index (χ2n) is 8.93. The monoisotopic (exact) mass is 451 g/mol. The molecule has 32 heavy (non-hydrogen) atoms. The molecule has 2 heterocycles. The summed E-state index contributed by atoms with van der Waals surface area (Å²) in [6.45, 7) is 4.14. The van der Waals surface area contributed by atoms with Crippen LogP contribution in [0.1, 0.15) is 50.0 Å². The molecule has 3 aromatic rings. The average molecular weight is 452 g/mol. The Labute approximate surface area is 190 Å². The minimum atomic E-state index is -0.399. The smallest absolute Gasteiger partial charge is 0.286 e. The number of rotatable bonds is 3. The number of aromatic nitrogens is 1. The Morgan fingerprint density at radius 3 is 2.59 bits per heavy atom. The van der Waals surface area contributed by atoms with Crippen molar-refractivity contribution in [1.82, 2.24) is 15.4 Å². The lowest BCUT2D eigenvalue weighted by Gasteiger charge is -2.41. The Hall–Kier alpha value is -2.80. The third-order valence-electron chi connectivity index (χ3n) is 6.69. The maximum Gasteiger partial charge on any atom is 0.286 e. The SMILES string of the molecule is CC1CCC2(CC1)SC(C)C(=O)N2NC(=O)c1[nH]c2ccc(F)cc2c1-c1ccccc1. The molecule has 1 unspecified atom stereocenters. The summed E-state index contributed by atoms with van der Waals surface area (Å²) in [6, 6.07) is 13.9. The summed E-state index contributed by atoms with van der Waals surface area (Å²) in [6.07, 6.45) is 3.78. The Morgan fingerprint density at radius 2 is 1.88 bits per heavy atom. The minimum absolute atomic E-state index is 0.0682. The molecule has 166 valence electrons. The molecule has 2 N–H and O–H groups in total. The molecule has 2 amide bonds. The standard InChI is InChI=1S/C25H26FN3O2S/c1-15-10-12-25(13-11-15)29(24(31)16(2)32-25)28-23(30)22-21(17-6-4-3-5-7-17)19-14-18(26)8-9-20(19)27-22/h3-9,14-16,27H,10-13H2,1-2H3,(H,28,30). The van der Waals surface area contributed by atoms with Crippen LogP contribution in [0, 0.1) is 11.7 Å². The second-order valence-corrected chi connectivity index (χ2v) is 10.6. The molecule has 1 aliphatic carbocycles. The van der Waals surface area contributed by atoms with Crippen molar-refractivity contribution < 1.29 is 14.0 Å². The summed E-state index contributed by atoms with van der Waals surface area (Å²) in [5, 5.41) is 2.02. The number of fused-ring (bicyclic) bond motifs is 1. The van der Waals surface area contributed by atoms with Crippen LogP contribution in [-0.4, -0.2) is 31.9 Å². The van der Waals surface area contributed by atoms with E-state index in [0.29, 0.717) is 28.1 Å². The Kier molecular flexibility index (Phi) is 5.24. The van der Waals surface area contributed by atoms with E-state index in [1.807, 2.05) is 37.3 Å². The fraction of sp³-hybridized carbons (Fsp3) is 0.360. The van der Waals surface area contributed by atoms with E-state index in [1.165, 1.54) is 12.1 Å². The number of hydrazine groups is 1. The zero-order valence-electron chi connectivity index (χ0n) is 18.2. The highest BCUT2D eigenvalue weighted by Crippen LogP contribution is 2.50. The third-order valence-corrected chi connectivity index (χ3v) is 8.28. The van der Waals surface area contributed by atoms with Gasteiger partial charge < -0.3 is 4.98 Å². The number of benzene rings is 2. The number of hydrogen-bond acceptors (Lipinski definition) is 3. The van der Waals surface area contributed by atoms with E-state index in [2.05, 4.69) is 17.3 Å². The zero-order valence-corrected chi connectivity index (χ0v) is 19.0. The molecule has 5 nitrogen and oxygen atoms in total. The predicted octanol–water partition coefficient (Wildman–Crippen LogP) is 5.49. The Morgan fingerprint density at radius 1 is 1.16 bits per heavy atom. The second kappa shape index (κ2) is 7.96. The molecule has 1 aromatic heterocycles. The van der Waals surface area contributed by atoms with Crippen molar-refractivity contribution >= 4 is 34.5 Å². The van der Waals surface area contributed by atoms with Gasteiger partial charge in [-0.05, 0) is 62.3 Å². The first-order chi connectivity index (χ1) is 15.4. The van der Waals surface area contributed by atoms with Gasteiger partial charge in [-0.3, -0.25) is 15.0 Å². The van der Waals surface area contributed by atoms with Gasteiger partial charge in [0.15, 0.2) is 0 Å². The highest BCUT2D eigenvalue weighted by atomic mass is 32.2. The van der Waals surface area contributed by atoms with E-state index in [0.717, 1.165) is 31.2 Å². The van der Waals surface area contributed by atoms with Crippen molar-refractivity contribution in [1.29, 1.82) is 0 Å². The molecule has 1 saturated carbocycles. The quantitative estimate of drug-likeness (QED) is 0.553. The van der Waals surface area contributed by atoms with Crippen LogP contribution in [0.2, 0.25) is 0 Å². The molecule has 1 saturated heterocycles. The van der Waals surface area contributed by atoms with E-state index in [-0.39, 0.29) is 22.9 Å². The number of amides is 2. The van der Waals surface area contributed by atoms with E-state index in [9.17, 15) is 14.0 Å². The van der Waals surface area contributed by atoms with Gasteiger partial charge in [0.05, 0.1) is 5.25 Å². The molecule has 1 atom stereocenters. The van der Waals surface area contributed by atoms with Crippen LogP contribution in [0.5, 0.6) is 0 Å². The van der Waals surface area contributed by atoms with Gasteiger partial charge in [-0.2, -0.15) is 0 Å². The normalized spacial score (nSPS) is 25.6. The molecule has 7 heteroatoms. The summed E-state index contributed by atoms with van der Waals surface area (Å²) < 4.78 is 14.1. The van der Waals surface area contributed by atoms with Crippen molar-refractivity contribution in [3.05, 3.63) is 60.0 Å². The van der Waals surface area contributed by atoms with Crippen LogP contribution in [0.15, 0.2) is 48.5 Å². The molecule has 2 aliphatic rings. The molecular formula is C25H26FN3O2S. The number of thioether (sulfide) groups is 1. The third kappa shape index (κ3) is 3.48. The van der Waals surface area contributed by atoms with E-state index >= 15 is 0 Å². The van der Waals surface area contributed by atoms with Crippen LogP contribution >= 0.6 is 11.8 Å². The number of carbonyl (C=O) groups excluding carboxylic acids is 2. The number of hydrogen-bond donors (Lipinski definition) is 2. The number of aromatic amines is 1. The first-order valence-corrected chi connectivity index (χ1v) is 12.0. The van der Waals surface area contributed by atoms with Crippen molar-refractivity contribution in [2.24, 2.45) is 5.92 Å². The number of nitrogens with one attached hydrogen (secondary N) is 2. The Balaban J connectivity index is 1.55. The van der Waals surface area contributed by atoms with Crippen molar-refractivity contribution in [2.45, 2.75) is 49.7 Å². The predicted molar refractivity (Wildman–Crippen MR) is 125 cm³/mol. The van der Waals surface area contributed by atoms with Gasteiger partial charge in [-0.15, -0.1) is 11.8 Å². The average Bonchev–Trinajstić information content (AvgIpc) is 3.27. The molecule has 1 spiro atoms. The lowest BCUT2D eigenvalue weighted by molar-refractivity contribution is -0.135. The molecular weight excluding hydrogens is 425 g/mol. The van der Waals surface area contributed by atoms with Gasteiger partial charge in [0.1, 0.15) is 16.4 Å². The van der Waals surface area contributed by atoms with Crippen LogP contribution in [-0.2, 0) is 4.79 Å². The van der Waals surface area contributed by atoms with Crippen molar-refractivity contribution in [3.63, 3.8) is 0 Å². The molecule has 0 radical (unpaired) electrons. The Bertz CT molecular complexity index is 1180. The van der Waals surface area contributed by atoms with Crippen LogP contribution in [0.25, 0.3) is 22.0 Å². The van der Waals surface area contributed by atoms with E-state index in [4.69, 9.17) is 0 Å². The summed E-state index contributed by atoms with van der Waals surface area (Å²) in [4.78, 5) is 29.3. The fourth-order valence-corrected chi connectivity index (χ4v) is 6.50. The first-order valence-electron chi connectivity index (χ1n) is 11.1. The fourth-order valence-electron chi connectivity index (χ4n) is 4.92. The summed E-state index contributed by atoms with van der Waals surface area (Å²) in [5.41, 5.74) is 5.38. The van der Waals surface area contributed by atoms with Gasteiger partial charge >= 0.3 is 0 Å². The van der Waals surface area contributed by atoms with Gasteiger partial charge in [0.2, 0.25) is 0 Å². The summed E-state index contributed by atoms with van der Waals surface area (Å²) >= 11 is 1.65. The van der Waals surface area contributed by atoms with E-state index < -0.39 is 4.87 Å². The number of carbonyl (C=O) groups is 2. The van der Waals surface area contributed by atoms with Crippen molar-refractivity contribution in [2.75, 3.05) is 0 Å². The number of halogens is 1. The topological polar surface area (TPSA) is 65.2 Å². The van der Waals surface area contributed by atoms with Crippen LogP contribution in [0.4, 0.5) is 4.39 Å². The van der Waals surface area contributed by atoms with Gasteiger partial charge in [-0.25, -0.2) is 9.40 Å². The lowest BCUT2D eigenvalue weighted by Crippen LogP contribution is -2.56. The summed E-state index contributed by atoms with van der Waals surface area (Å²) in [7, 11) is 0. The number of nitrogens with zero attached hydrogens (tertiary/aromatic N) is 1. The molecule has 5 rings (SSSR count). The maximum absolute atomic E-state index is 14.1. The first kappa shape index (κ1) is 21.1. The maximum atomic E-state index is 14.1. The number of H-pyrrole nitrogens is 1. The molecule has 0 bridgehead atoms. The molecule has 2 fully saturated rings. The molecule has 2 aromatic carbocycles. The van der Waals surface area contributed by atoms with Crippen molar-refractivity contribution in [3.8, 4) is 11.1 Å². The highest BCUT2D eigenvalue weighted by Gasteiger charge is 2.52. The minimum Gasteiger partial charge on any atom is -0.350 e. The molecule has 1 aliphatic heterocycles. The summed E-state index contributed by atoms with van der Waals surface area (Å²) in [5.74, 6) is -0.197.